The Morgan fingerprint density at radius 1 is 1.39 bits per heavy atom. The van der Waals surface area contributed by atoms with Crippen molar-refractivity contribution in [3.63, 3.8) is 0 Å². The standard InChI is InChI=1S/C25H31ClN6O4/c1-15-12-17(7-11-36-15)32-21(34)14-25(2,31-24(32)27)18-4-3-5-19(22(18)26)30-23(35)20-13-16(6-8-29-20)28-9-10-33/h3-6,8,13,15,17,33H,7,9-12,14H2,1-2H3,(H2,27,31)(H,28,29)(H,30,35)/t15-,17-,25+/m1/s1. The summed E-state index contributed by atoms with van der Waals surface area (Å²) in [7, 11) is 0. The fourth-order valence-corrected chi connectivity index (χ4v) is 5.08. The lowest BCUT2D eigenvalue weighted by molar-refractivity contribution is -0.133. The minimum absolute atomic E-state index is 0.0352. The molecule has 1 aromatic heterocycles. The Morgan fingerprint density at radius 2 is 2.19 bits per heavy atom. The summed E-state index contributed by atoms with van der Waals surface area (Å²) in [4.78, 5) is 36.6. The zero-order chi connectivity index (χ0) is 25.9. The summed E-state index contributed by atoms with van der Waals surface area (Å²) < 4.78 is 5.61. The fourth-order valence-electron chi connectivity index (χ4n) is 4.70. The van der Waals surface area contributed by atoms with Crippen LogP contribution in [0.1, 0.15) is 49.2 Å². The van der Waals surface area contributed by atoms with Crippen molar-refractivity contribution < 1.29 is 19.4 Å². The van der Waals surface area contributed by atoms with Gasteiger partial charge in [-0.15, -0.1) is 0 Å². The first kappa shape index (κ1) is 25.9. The maximum atomic E-state index is 13.2. The largest absolute Gasteiger partial charge is 0.395 e. The van der Waals surface area contributed by atoms with Gasteiger partial charge in [0.15, 0.2) is 5.96 Å². The maximum absolute atomic E-state index is 13.2. The van der Waals surface area contributed by atoms with E-state index in [9.17, 15) is 9.59 Å². The first-order chi connectivity index (χ1) is 17.2. The highest BCUT2D eigenvalue weighted by atomic mass is 35.5. The number of pyridine rings is 1. The van der Waals surface area contributed by atoms with Crippen molar-refractivity contribution in [3.8, 4) is 0 Å². The molecule has 3 atom stereocenters. The highest BCUT2D eigenvalue weighted by Crippen LogP contribution is 2.41. The van der Waals surface area contributed by atoms with Gasteiger partial charge >= 0.3 is 0 Å². The molecule has 36 heavy (non-hydrogen) atoms. The predicted octanol–water partition coefficient (Wildman–Crippen LogP) is 2.72. The number of rotatable bonds is 7. The molecule has 2 amide bonds. The second-order valence-corrected chi connectivity index (χ2v) is 9.62. The number of carbonyl (C=O) groups excluding carboxylic acids is 2. The fraction of sp³-hybridized carbons (Fsp3) is 0.440. The van der Waals surface area contributed by atoms with Gasteiger partial charge in [-0.05, 0) is 44.9 Å². The Morgan fingerprint density at radius 3 is 2.92 bits per heavy atom. The smallest absolute Gasteiger partial charge is 0.274 e. The molecule has 192 valence electrons. The van der Waals surface area contributed by atoms with Crippen LogP contribution in [-0.4, -0.2) is 64.7 Å². The summed E-state index contributed by atoms with van der Waals surface area (Å²) in [6.07, 6.45) is 3.05. The first-order valence-electron chi connectivity index (χ1n) is 11.9. The molecule has 5 N–H and O–H groups in total. The van der Waals surface area contributed by atoms with Crippen molar-refractivity contribution in [2.24, 2.45) is 10.7 Å². The second kappa shape index (κ2) is 10.8. The van der Waals surface area contributed by atoms with Gasteiger partial charge in [0.1, 0.15) is 5.69 Å². The number of aliphatic imine (C=N–C) groups is 1. The highest BCUT2D eigenvalue weighted by Gasteiger charge is 2.42. The van der Waals surface area contributed by atoms with E-state index in [2.05, 4.69) is 15.6 Å². The Kier molecular flexibility index (Phi) is 7.77. The highest BCUT2D eigenvalue weighted by molar-refractivity contribution is 6.35. The predicted molar refractivity (Wildman–Crippen MR) is 138 cm³/mol. The van der Waals surface area contributed by atoms with Crippen molar-refractivity contribution in [1.82, 2.24) is 9.88 Å². The van der Waals surface area contributed by atoms with Crippen LogP contribution >= 0.6 is 11.6 Å². The molecule has 0 radical (unpaired) electrons. The molecule has 0 unspecified atom stereocenters. The van der Waals surface area contributed by atoms with Crippen LogP contribution in [0.2, 0.25) is 5.02 Å². The molecule has 11 heteroatoms. The van der Waals surface area contributed by atoms with E-state index < -0.39 is 11.4 Å². The van der Waals surface area contributed by atoms with E-state index >= 15 is 0 Å². The van der Waals surface area contributed by atoms with Gasteiger partial charge in [0, 0.05) is 36.6 Å². The number of halogens is 1. The van der Waals surface area contributed by atoms with Gasteiger partial charge in [0.25, 0.3) is 5.91 Å². The summed E-state index contributed by atoms with van der Waals surface area (Å²) in [5.74, 6) is -0.407. The summed E-state index contributed by atoms with van der Waals surface area (Å²) in [6.45, 7) is 4.68. The Labute approximate surface area is 214 Å². The molecule has 10 nitrogen and oxygen atoms in total. The third kappa shape index (κ3) is 5.45. The molecule has 3 heterocycles. The van der Waals surface area contributed by atoms with E-state index in [1.807, 2.05) is 13.8 Å². The maximum Gasteiger partial charge on any atom is 0.274 e. The van der Waals surface area contributed by atoms with Crippen molar-refractivity contribution in [1.29, 1.82) is 0 Å². The second-order valence-electron chi connectivity index (χ2n) is 9.25. The van der Waals surface area contributed by atoms with Crippen LogP contribution in [0.5, 0.6) is 0 Å². The number of ether oxygens (including phenoxy) is 1. The summed E-state index contributed by atoms with van der Waals surface area (Å²) in [6, 6.07) is 8.44. The van der Waals surface area contributed by atoms with Crippen LogP contribution in [0.25, 0.3) is 0 Å². The lowest BCUT2D eigenvalue weighted by atomic mass is 9.86. The minimum Gasteiger partial charge on any atom is -0.395 e. The number of anilines is 2. The van der Waals surface area contributed by atoms with Gasteiger partial charge in [-0.2, -0.15) is 0 Å². The van der Waals surface area contributed by atoms with Crippen LogP contribution in [0.15, 0.2) is 41.5 Å². The quantitative estimate of drug-likeness (QED) is 0.445. The molecular formula is C25H31ClN6O4. The number of aliphatic hydroxyl groups is 1. The number of aliphatic hydroxyl groups excluding tert-OH is 1. The van der Waals surface area contributed by atoms with Crippen LogP contribution in [0.4, 0.5) is 11.4 Å². The molecule has 0 aliphatic carbocycles. The van der Waals surface area contributed by atoms with Crippen LogP contribution < -0.4 is 16.4 Å². The Balaban J connectivity index is 1.56. The number of nitrogens with zero attached hydrogens (tertiary/aromatic N) is 3. The monoisotopic (exact) mass is 514 g/mol. The number of guanidine groups is 1. The van der Waals surface area contributed by atoms with Crippen LogP contribution in [0.3, 0.4) is 0 Å². The van der Waals surface area contributed by atoms with Gasteiger partial charge < -0.3 is 26.2 Å². The molecular weight excluding hydrogens is 484 g/mol. The third-order valence-corrected chi connectivity index (χ3v) is 6.86. The summed E-state index contributed by atoms with van der Waals surface area (Å²) in [5.41, 5.74) is 7.14. The molecule has 0 spiro atoms. The van der Waals surface area contributed by atoms with Crippen molar-refractivity contribution in [3.05, 3.63) is 52.8 Å². The van der Waals surface area contributed by atoms with E-state index in [1.54, 1.807) is 35.2 Å². The molecule has 2 aliphatic heterocycles. The lowest BCUT2D eigenvalue weighted by Crippen LogP contribution is -2.56. The minimum atomic E-state index is -0.987. The Hall–Kier alpha value is -3.21. The van der Waals surface area contributed by atoms with E-state index in [0.29, 0.717) is 42.9 Å². The number of nitrogens with one attached hydrogen (secondary N) is 2. The molecule has 4 rings (SSSR count). The molecule has 1 fully saturated rings. The van der Waals surface area contributed by atoms with Crippen LogP contribution in [0, 0.1) is 0 Å². The van der Waals surface area contributed by atoms with Crippen molar-refractivity contribution in [2.75, 3.05) is 30.4 Å². The molecule has 2 aromatic rings. The zero-order valence-corrected chi connectivity index (χ0v) is 21.1. The SMILES string of the molecule is C[C@@H]1C[C@H](N2C(=O)C[C@@](C)(c3cccc(NC(=O)c4cc(NCCO)ccn4)c3Cl)N=C2N)CCO1. The van der Waals surface area contributed by atoms with Crippen molar-refractivity contribution >= 4 is 40.7 Å². The number of nitrogens with two attached hydrogens (primary N) is 1. The molecule has 1 aromatic carbocycles. The number of hydrogen-bond acceptors (Lipinski definition) is 8. The molecule has 2 aliphatic rings. The molecule has 1 saturated heterocycles. The number of aromatic nitrogens is 1. The number of hydrogen-bond donors (Lipinski definition) is 4. The number of amides is 2. The van der Waals surface area contributed by atoms with E-state index in [4.69, 9.17) is 32.2 Å². The zero-order valence-electron chi connectivity index (χ0n) is 20.3. The van der Waals surface area contributed by atoms with E-state index in [-0.39, 0.29) is 47.8 Å². The average molecular weight is 515 g/mol. The first-order valence-corrected chi connectivity index (χ1v) is 12.3. The van der Waals surface area contributed by atoms with Gasteiger partial charge in [0.2, 0.25) is 5.91 Å². The summed E-state index contributed by atoms with van der Waals surface area (Å²) in [5, 5.41) is 15.1. The van der Waals surface area contributed by atoms with Crippen molar-refractivity contribution in [2.45, 2.75) is 50.8 Å². The Bertz CT molecular complexity index is 1170. The van der Waals surface area contributed by atoms with Crippen LogP contribution in [-0.2, 0) is 15.1 Å². The number of benzene rings is 1. The van der Waals surface area contributed by atoms with Gasteiger partial charge in [0.05, 0.1) is 35.4 Å². The molecule has 0 saturated carbocycles. The van der Waals surface area contributed by atoms with Gasteiger partial charge in [-0.3, -0.25) is 19.5 Å². The van der Waals surface area contributed by atoms with Gasteiger partial charge in [-0.1, -0.05) is 23.7 Å². The molecule has 0 bridgehead atoms. The number of carbonyl (C=O) groups is 2. The van der Waals surface area contributed by atoms with E-state index in [1.165, 1.54) is 6.20 Å². The summed E-state index contributed by atoms with van der Waals surface area (Å²) >= 11 is 6.74. The average Bonchev–Trinajstić information content (AvgIpc) is 2.83. The topological polar surface area (TPSA) is 142 Å². The normalized spacial score (nSPS) is 24.3. The van der Waals surface area contributed by atoms with Gasteiger partial charge in [-0.25, -0.2) is 4.99 Å². The lowest BCUT2D eigenvalue weighted by Gasteiger charge is -2.41. The third-order valence-electron chi connectivity index (χ3n) is 6.46. The van der Waals surface area contributed by atoms with E-state index in [0.717, 1.165) is 0 Å².